The largest absolute Gasteiger partial charge is 0.480 e. The Kier molecular flexibility index (Phi) is 4.16. The molecule has 2 rings (SSSR count). The molecule has 0 spiro atoms. The Balaban J connectivity index is 1.93. The van der Waals surface area contributed by atoms with E-state index in [-0.39, 0.29) is 12.0 Å². The van der Waals surface area contributed by atoms with Gasteiger partial charge in [0.15, 0.2) is 0 Å². The molecule has 0 saturated carbocycles. The first-order chi connectivity index (χ1) is 9.08. The Hall–Kier alpha value is -1.88. The van der Waals surface area contributed by atoms with E-state index in [1.54, 1.807) is 0 Å². The molecule has 1 aliphatic heterocycles. The fourth-order valence-electron chi connectivity index (χ4n) is 2.29. The second-order valence-corrected chi connectivity index (χ2v) is 4.68. The van der Waals surface area contributed by atoms with Crippen LogP contribution in [0, 0.1) is 0 Å². The van der Waals surface area contributed by atoms with Gasteiger partial charge in [-0.15, -0.1) is 0 Å². The van der Waals surface area contributed by atoms with Crippen molar-refractivity contribution in [3.8, 4) is 0 Å². The van der Waals surface area contributed by atoms with E-state index in [0.717, 1.165) is 5.56 Å². The minimum atomic E-state index is -0.971. The van der Waals surface area contributed by atoms with E-state index in [1.165, 1.54) is 11.8 Å². The highest BCUT2D eigenvalue weighted by Crippen LogP contribution is 2.21. The molecule has 1 aliphatic rings. The maximum Gasteiger partial charge on any atom is 0.326 e. The Labute approximate surface area is 111 Å². The van der Waals surface area contributed by atoms with Crippen molar-refractivity contribution in [1.29, 1.82) is 0 Å². The van der Waals surface area contributed by atoms with E-state index in [9.17, 15) is 9.59 Å². The fourth-order valence-corrected chi connectivity index (χ4v) is 2.29. The van der Waals surface area contributed by atoms with Crippen LogP contribution in [0.2, 0.25) is 0 Å². The second kappa shape index (κ2) is 5.84. The molecule has 1 amide bonds. The number of nitrogens with zero attached hydrogens (tertiary/aromatic N) is 1. The van der Waals surface area contributed by atoms with Gasteiger partial charge in [0.2, 0.25) is 5.91 Å². The third-order valence-electron chi connectivity index (χ3n) is 3.28. The van der Waals surface area contributed by atoms with Gasteiger partial charge in [0, 0.05) is 19.9 Å². The van der Waals surface area contributed by atoms with Gasteiger partial charge in [-0.3, -0.25) is 4.79 Å². The summed E-state index contributed by atoms with van der Waals surface area (Å²) in [7, 11) is 0. The predicted molar refractivity (Wildman–Crippen MR) is 68.4 cm³/mol. The number of rotatable bonds is 4. The van der Waals surface area contributed by atoms with E-state index < -0.39 is 12.0 Å². The molecule has 0 bridgehead atoms. The van der Waals surface area contributed by atoms with Gasteiger partial charge in [0.25, 0.3) is 0 Å². The van der Waals surface area contributed by atoms with Crippen LogP contribution in [0.1, 0.15) is 18.9 Å². The Morgan fingerprint density at radius 3 is 2.58 bits per heavy atom. The second-order valence-electron chi connectivity index (χ2n) is 4.68. The molecule has 1 heterocycles. The van der Waals surface area contributed by atoms with E-state index in [0.29, 0.717) is 19.6 Å². The van der Waals surface area contributed by atoms with Crippen LogP contribution >= 0.6 is 0 Å². The van der Waals surface area contributed by atoms with Gasteiger partial charge in [-0.1, -0.05) is 30.3 Å². The smallest absolute Gasteiger partial charge is 0.326 e. The maximum atomic E-state index is 11.4. The summed E-state index contributed by atoms with van der Waals surface area (Å²) in [5.74, 6) is -1.20. The average molecular weight is 263 g/mol. The maximum absolute atomic E-state index is 11.4. The molecule has 2 unspecified atom stereocenters. The summed E-state index contributed by atoms with van der Waals surface area (Å²) in [6, 6.07) is 8.92. The van der Waals surface area contributed by atoms with Gasteiger partial charge in [-0.2, -0.15) is 0 Å². The molecule has 19 heavy (non-hydrogen) atoms. The Bertz CT molecular complexity index is 438. The number of likely N-dealkylation sites (tertiary alicyclic amines) is 1. The molecule has 5 heteroatoms. The van der Waals surface area contributed by atoms with E-state index in [4.69, 9.17) is 9.84 Å². The molecular formula is C14H17NO4. The number of hydrogen-bond donors (Lipinski definition) is 1. The lowest BCUT2D eigenvalue weighted by Gasteiger charge is -2.18. The van der Waals surface area contributed by atoms with Crippen molar-refractivity contribution in [1.82, 2.24) is 4.90 Å². The quantitative estimate of drug-likeness (QED) is 0.888. The van der Waals surface area contributed by atoms with Crippen molar-refractivity contribution in [2.75, 3.05) is 6.54 Å². The third-order valence-corrected chi connectivity index (χ3v) is 3.28. The highest BCUT2D eigenvalue weighted by atomic mass is 16.5. The first-order valence-corrected chi connectivity index (χ1v) is 6.23. The number of carbonyl (C=O) groups excluding carboxylic acids is 1. The number of benzene rings is 1. The molecule has 1 aromatic rings. The molecular weight excluding hydrogens is 246 g/mol. The van der Waals surface area contributed by atoms with Crippen LogP contribution in [0.15, 0.2) is 30.3 Å². The van der Waals surface area contributed by atoms with Crippen molar-refractivity contribution in [3.05, 3.63) is 35.9 Å². The molecule has 1 saturated heterocycles. The highest BCUT2D eigenvalue weighted by Gasteiger charge is 2.38. The van der Waals surface area contributed by atoms with Gasteiger partial charge < -0.3 is 14.7 Å². The van der Waals surface area contributed by atoms with Crippen LogP contribution in [-0.2, 0) is 20.9 Å². The van der Waals surface area contributed by atoms with Crippen LogP contribution in [0.5, 0.6) is 0 Å². The summed E-state index contributed by atoms with van der Waals surface area (Å²) >= 11 is 0. The number of carboxylic acid groups (broad SMARTS) is 1. The Morgan fingerprint density at radius 2 is 2.05 bits per heavy atom. The molecule has 0 aliphatic carbocycles. The topological polar surface area (TPSA) is 66.8 Å². The minimum absolute atomic E-state index is 0.217. The van der Waals surface area contributed by atoms with Crippen molar-refractivity contribution < 1.29 is 19.4 Å². The fraction of sp³-hybridized carbons (Fsp3) is 0.429. The summed E-state index contributed by atoms with van der Waals surface area (Å²) in [6.45, 7) is 2.16. The lowest BCUT2D eigenvalue weighted by Crippen LogP contribution is -2.39. The first-order valence-electron chi connectivity index (χ1n) is 6.23. The van der Waals surface area contributed by atoms with Crippen LogP contribution in [0.4, 0.5) is 0 Å². The summed E-state index contributed by atoms with van der Waals surface area (Å²) < 4.78 is 5.69. The molecule has 5 nitrogen and oxygen atoms in total. The van der Waals surface area contributed by atoms with E-state index >= 15 is 0 Å². The zero-order chi connectivity index (χ0) is 13.8. The summed E-state index contributed by atoms with van der Waals surface area (Å²) in [5, 5.41) is 9.09. The van der Waals surface area contributed by atoms with Gasteiger partial charge in [0.05, 0.1) is 12.7 Å². The zero-order valence-corrected chi connectivity index (χ0v) is 10.8. The number of hydrogen-bond acceptors (Lipinski definition) is 3. The van der Waals surface area contributed by atoms with E-state index in [2.05, 4.69) is 0 Å². The lowest BCUT2D eigenvalue weighted by molar-refractivity contribution is -0.147. The Morgan fingerprint density at radius 1 is 1.37 bits per heavy atom. The molecule has 1 N–H and O–H groups in total. The highest BCUT2D eigenvalue weighted by molar-refractivity contribution is 5.83. The monoisotopic (exact) mass is 263 g/mol. The SMILES string of the molecule is CC(=O)N1CC(OCc2ccccc2)CC1C(=O)O. The van der Waals surface area contributed by atoms with Crippen LogP contribution in [0.25, 0.3) is 0 Å². The molecule has 0 radical (unpaired) electrons. The number of carbonyl (C=O) groups is 2. The summed E-state index contributed by atoms with van der Waals surface area (Å²) in [4.78, 5) is 23.8. The number of carboxylic acids is 1. The van der Waals surface area contributed by atoms with Crippen LogP contribution < -0.4 is 0 Å². The van der Waals surface area contributed by atoms with Crippen molar-refractivity contribution in [3.63, 3.8) is 0 Å². The van der Waals surface area contributed by atoms with Crippen LogP contribution in [0.3, 0.4) is 0 Å². The molecule has 0 aromatic heterocycles. The standard InChI is InChI=1S/C14H17NO4/c1-10(16)15-8-12(7-13(15)14(17)18)19-9-11-5-3-2-4-6-11/h2-6,12-13H,7-9H2,1H3,(H,17,18). The van der Waals surface area contributed by atoms with Gasteiger partial charge in [0.1, 0.15) is 6.04 Å². The van der Waals surface area contributed by atoms with Gasteiger partial charge in [-0.05, 0) is 5.56 Å². The number of amides is 1. The number of aliphatic carboxylic acids is 1. The molecule has 1 fully saturated rings. The molecule has 2 atom stereocenters. The van der Waals surface area contributed by atoms with Gasteiger partial charge in [-0.25, -0.2) is 4.79 Å². The summed E-state index contributed by atoms with van der Waals surface area (Å²) in [5.41, 5.74) is 1.04. The predicted octanol–water partition coefficient (Wildman–Crippen LogP) is 1.28. The van der Waals surface area contributed by atoms with Gasteiger partial charge >= 0.3 is 5.97 Å². The van der Waals surface area contributed by atoms with Crippen molar-refractivity contribution >= 4 is 11.9 Å². The van der Waals surface area contributed by atoms with Crippen LogP contribution in [-0.4, -0.2) is 40.6 Å². The third kappa shape index (κ3) is 3.32. The summed E-state index contributed by atoms with van der Waals surface area (Å²) in [6.07, 6.45) is 0.132. The van der Waals surface area contributed by atoms with E-state index in [1.807, 2.05) is 30.3 Å². The zero-order valence-electron chi connectivity index (χ0n) is 10.8. The van der Waals surface area contributed by atoms with Crippen molar-refractivity contribution in [2.45, 2.75) is 32.1 Å². The molecule has 1 aromatic carbocycles. The first kappa shape index (κ1) is 13.5. The minimum Gasteiger partial charge on any atom is -0.480 e. The normalized spacial score (nSPS) is 22.5. The molecule has 102 valence electrons. The average Bonchev–Trinajstić information content (AvgIpc) is 2.82. The number of ether oxygens (including phenoxy) is 1. The lowest BCUT2D eigenvalue weighted by atomic mass is 10.2. The van der Waals surface area contributed by atoms with Crippen molar-refractivity contribution in [2.24, 2.45) is 0 Å².